The number of para-hydroxylation sites is 1. The number of nitrogens with one attached hydrogen (secondary N) is 1. The molecule has 0 fully saturated rings. The number of ether oxygens (including phenoxy) is 1. The topological polar surface area (TPSA) is 41.5 Å². The van der Waals surface area contributed by atoms with Crippen LogP contribution in [-0.4, -0.2) is 11.5 Å². The van der Waals surface area contributed by atoms with Crippen molar-refractivity contribution < 1.29 is 23.0 Å². The quantitative estimate of drug-likeness (QED) is 0.888. The molecule has 0 radical (unpaired) electrons. The summed E-state index contributed by atoms with van der Waals surface area (Å²) in [7, 11) is 0. The summed E-state index contributed by atoms with van der Waals surface area (Å²) in [6.45, 7) is 1.90. The van der Waals surface area contributed by atoms with Gasteiger partial charge in [-0.25, -0.2) is 0 Å². The van der Waals surface area contributed by atoms with Crippen LogP contribution in [0.15, 0.2) is 42.5 Å². The lowest BCUT2D eigenvalue weighted by Gasteiger charge is -2.14. The molecule has 0 bridgehead atoms. The average Bonchev–Trinajstić information content (AvgIpc) is 2.40. The Morgan fingerprint density at radius 3 is 2.52 bits per heavy atom. The molecule has 3 nitrogen and oxygen atoms in total. The lowest BCUT2D eigenvalue weighted by Crippen LogP contribution is -2.18. The number of phenolic OH excluding ortho intramolecular Hbond substituents is 1. The van der Waals surface area contributed by atoms with Crippen molar-refractivity contribution in [2.24, 2.45) is 0 Å². The zero-order valence-electron chi connectivity index (χ0n) is 11.2. The maximum Gasteiger partial charge on any atom is 0.573 e. The molecule has 0 spiro atoms. The molecule has 0 unspecified atom stereocenters. The van der Waals surface area contributed by atoms with Gasteiger partial charge < -0.3 is 15.2 Å². The van der Waals surface area contributed by atoms with Crippen LogP contribution in [0.5, 0.6) is 11.5 Å². The first-order chi connectivity index (χ1) is 9.85. The van der Waals surface area contributed by atoms with E-state index in [-0.39, 0.29) is 18.0 Å². The molecule has 0 aliphatic heterocycles. The number of halogens is 3. The zero-order valence-corrected chi connectivity index (χ0v) is 11.2. The van der Waals surface area contributed by atoms with E-state index in [2.05, 4.69) is 10.1 Å². The van der Waals surface area contributed by atoms with Crippen molar-refractivity contribution in [2.45, 2.75) is 19.8 Å². The van der Waals surface area contributed by atoms with E-state index in [1.54, 1.807) is 31.2 Å². The summed E-state index contributed by atoms with van der Waals surface area (Å²) in [6, 6.07) is 10.9. The number of hydrogen-bond donors (Lipinski definition) is 2. The van der Waals surface area contributed by atoms with Gasteiger partial charge in [-0.3, -0.25) is 0 Å². The highest BCUT2D eigenvalue weighted by molar-refractivity contribution is 5.51. The molecule has 2 aromatic rings. The van der Waals surface area contributed by atoms with Gasteiger partial charge in [-0.1, -0.05) is 24.3 Å². The van der Waals surface area contributed by atoms with Crippen molar-refractivity contribution in [2.75, 3.05) is 5.32 Å². The molecule has 0 aliphatic carbocycles. The molecule has 112 valence electrons. The van der Waals surface area contributed by atoms with Gasteiger partial charge in [-0.05, 0) is 24.6 Å². The van der Waals surface area contributed by atoms with Crippen LogP contribution in [0.1, 0.15) is 11.1 Å². The summed E-state index contributed by atoms with van der Waals surface area (Å²) in [4.78, 5) is 0. The van der Waals surface area contributed by atoms with Gasteiger partial charge in [0.2, 0.25) is 0 Å². The molecule has 2 aromatic carbocycles. The number of aromatic hydroxyl groups is 1. The Morgan fingerprint density at radius 1 is 1.14 bits per heavy atom. The summed E-state index contributed by atoms with van der Waals surface area (Å²) >= 11 is 0. The van der Waals surface area contributed by atoms with Gasteiger partial charge in [-0.15, -0.1) is 13.2 Å². The van der Waals surface area contributed by atoms with Crippen molar-refractivity contribution in [1.29, 1.82) is 0 Å². The molecule has 0 heterocycles. The van der Waals surface area contributed by atoms with Crippen molar-refractivity contribution >= 4 is 5.69 Å². The lowest BCUT2D eigenvalue weighted by atomic mass is 10.1. The van der Waals surface area contributed by atoms with Gasteiger partial charge in [0.05, 0.1) is 0 Å². The van der Waals surface area contributed by atoms with Gasteiger partial charge in [0.15, 0.2) is 0 Å². The Morgan fingerprint density at radius 2 is 1.86 bits per heavy atom. The summed E-state index contributed by atoms with van der Waals surface area (Å²) in [5.41, 5.74) is 1.70. The zero-order chi connectivity index (χ0) is 15.5. The fourth-order valence-corrected chi connectivity index (χ4v) is 1.79. The smallest absolute Gasteiger partial charge is 0.508 e. The van der Waals surface area contributed by atoms with Crippen molar-refractivity contribution in [3.05, 3.63) is 53.6 Å². The molecule has 0 atom stereocenters. The minimum atomic E-state index is -4.72. The number of phenols is 1. The molecule has 6 heteroatoms. The maximum atomic E-state index is 12.3. The van der Waals surface area contributed by atoms with Crippen LogP contribution in [-0.2, 0) is 6.54 Å². The van der Waals surface area contributed by atoms with E-state index in [0.717, 1.165) is 5.56 Å². The van der Waals surface area contributed by atoms with Gasteiger partial charge in [0.1, 0.15) is 11.5 Å². The van der Waals surface area contributed by atoms with E-state index in [9.17, 15) is 18.3 Å². The Kier molecular flexibility index (Phi) is 4.26. The van der Waals surface area contributed by atoms with Crippen LogP contribution in [0.2, 0.25) is 0 Å². The van der Waals surface area contributed by atoms with E-state index >= 15 is 0 Å². The standard InChI is InChI=1S/C15H14F3NO2/c1-10-6-7-12(8-13(10)20)19-9-11-4-2-3-5-14(11)21-15(16,17)18/h2-8,19-20H,9H2,1H3. The minimum Gasteiger partial charge on any atom is -0.508 e. The van der Waals surface area contributed by atoms with Crippen LogP contribution in [0.3, 0.4) is 0 Å². The molecular weight excluding hydrogens is 283 g/mol. The number of hydrogen-bond acceptors (Lipinski definition) is 3. The molecule has 2 rings (SSSR count). The molecule has 0 aliphatic rings. The van der Waals surface area contributed by atoms with E-state index < -0.39 is 6.36 Å². The van der Waals surface area contributed by atoms with Gasteiger partial charge >= 0.3 is 6.36 Å². The number of rotatable bonds is 4. The third kappa shape index (κ3) is 4.30. The van der Waals surface area contributed by atoms with Gasteiger partial charge in [0, 0.05) is 23.9 Å². The van der Waals surface area contributed by atoms with Gasteiger partial charge in [0.25, 0.3) is 0 Å². The molecule has 0 saturated heterocycles. The van der Waals surface area contributed by atoms with E-state index in [1.807, 2.05) is 0 Å². The highest BCUT2D eigenvalue weighted by atomic mass is 19.4. The van der Waals surface area contributed by atoms with Crippen molar-refractivity contribution in [3.8, 4) is 11.5 Å². The Bertz CT molecular complexity index is 627. The van der Waals surface area contributed by atoms with Crippen LogP contribution < -0.4 is 10.1 Å². The maximum absolute atomic E-state index is 12.3. The summed E-state index contributed by atoms with van der Waals surface area (Å²) < 4.78 is 40.9. The number of benzene rings is 2. The molecule has 0 aromatic heterocycles. The first-order valence-corrected chi connectivity index (χ1v) is 6.22. The molecular formula is C15H14F3NO2. The summed E-state index contributed by atoms with van der Waals surface area (Å²) in [6.07, 6.45) is -4.72. The normalized spacial score (nSPS) is 11.2. The average molecular weight is 297 g/mol. The fourth-order valence-electron chi connectivity index (χ4n) is 1.79. The van der Waals surface area contributed by atoms with Crippen LogP contribution in [0.4, 0.5) is 18.9 Å². The van der Waals surface area contributed by atoms with Crippen molar-refractivity contribution in [3.63, 3.8) is 0 Å². The third-order valence-corrected chi connectivity index (χ3v) is 2.89. The number of alkyl halides is 3. The Labute approximate surface area is 120 Å². The van der Waals surface area contributed by atoms with Crippen molar-refractivity contribution in [1.82, 2.24) is 0 Å². The molecule has 0 amide bonds. The molecule has 21 heavy (non-hydrogen) atoms. The largest absolute Gasteiger partial charge is 0.573 e. The van der Waals surface area contributed by atoms with Gasteiger partial charge in [-0.2, -0.15) is 0 Å². The fraction of sp³-hybridized carbons (Fsp3) is 0.200. The van der Waals surface area contributed by atoms with Crippen LogP contribution in [0.25, 0.3) is 0 Å². The van der Waals surface area contributed by atoms with E-state index in [4.69, 9.17) is 0 Å². The molecule has 0 saturated carbocycles. The predicted molar refractivity (Wildman–Crippen MR) is 73.3 cm³/mol. The molecule has 2 N–H and O–H groups in total. The summed E-state index contributed by atoms with van der Waals surface area (Å²) in [5.74, 6) is -0.117. The first-order valence-electron chi connectivity index (χ1n) is 6.22. The first kappa shape index (κ1) is 15.0. The second kappa shape index (κ2) is 5.95. The Hall–Kier alpha value is -2.37. The van der Waals surface area contributed by atoms with E-state index in [1.165, 1.54) is 18.2 Å². The number of anilines is 1. The summed E-state index contributed by atoms with van der Waals surface area (Å²) in [5, 5.41) is 12.5. The highest BCUT2D eigenvalue weighted by Crippen LogP contribution is 2.27. The minimum absolute atomic E-state index is 0.125. The predicted octanol–water partition coefficient (Wildman–Crippen LogP) is 4.21. The van der Waals surface area contributed by atoms with Crippen LogP contribution in [0, 0.1) is 6.92 Å². The highest BCUT2D eigenvalue weighted by Gasteiger charge is 2.31. The third-order valence-electron chi connectivity index (χ3n) is 2.89. The number of aryl methyl sites for hydroxylation is 1. The second-order valence-electron chi connectivity index (χ2n) is 4.51. The monoisotopic (exact) mass is 297 g/mol. The van der Waals surface area contributed by atoms with E-state index in [0.29, 0.717) is 11.3 Å². The second-order valence-corrected chi connectivity index (χ2v) is 4.51. The lowest BCUT2D eigenvalue weighted by molar-refractivity contribution is -0.274. The van der Waals surface area contributed by atoms with Crippen LogP contribution >= 0.6 is 0 Å². The Balaban J connectivity index is 2.11. The SMILES string of the molecule is Cc1ccc(NCc2ccccc2OC(F)(F)F)cc1O.